The van der Waals surface area contributed by atoms with Gasteiger partial charge in [0.1, 0.15) is 0 Å². The van der Waals surface area contributed by atoms with Crippen LogP contribution in [0.25, 0.3) is 0 Å². The second-order valence-electron chi connectivity index (χ2n) is 2.49. The van der Waals surface area contributed by atoms with Crippen LogP contribution < -0.4 is 16.5 Å². The van der Waals surface area contributed by atoms with Gasteiger partial charge in [0.05, 0.1) is 0 Å². The second kappa shape index (κ2) is 9.84. The minimum Gasteiger partial charge on any atom is -0.788 e. The van der Waals surface area contributed by atoms with E-state index >= 15 is 0 Å². The Morgan fingerprint density at radius 1 is 1.00 bits per heavy atom. The van der Waals surface area contributed by atoms with E-state index in [0.29, 0.717) is 6.54 Å². The van der Waals surface area contributed by atoms with Gasteiger partial charge in [-0.25, -0.2) is 0 Å². The zero-order valence-corrected chi connectivity index (χ0v) is 6.94. The molecule has 0 unspecified atom stereocenters. The fraction of sp³-hybridized carbons (Fsp3) is 1.00. The number of unbranched alkanes of at least 4 members (excludes halogenated alkanes) is 1. The summed E-state index contributed by atoms with van der Waals surface area (Å²) >= 11 is 0. The largest absolute Gasteiger partial charge is 0.788 e. The molecule has 11 heavy (non-hydrogen) atoms. The highest BCUT2D eigenvalue weighted by atomic mass is 16.5. The minimum atomic E-state index is 0.568. The topological polar surface area (TPSA) is 73.1 Å². The normalized spacial score (nSPS) is 10.4. The van der Waals surface area contributed by atoms with Crippen molar-refractivity contribution in [1.29, 1.82) is 0 Å². The summed E-state index contributed by atoms with van der Waals surface area (Å²) in [5, 5.41) is 13.0. The van der Waals surface area contributed by atoms with Gasteiger partial charge in [0, 0.05) is 0 Å². The van der Waals surface area contributed by atoms with E-state index in [1.54, 1.807) is 0 Å². The van der Waals surface area contributed by atoms with Crippen LogP contribution in [-0.4, -0.2) is 26.2 Å². The molecule has 0 aromatic heterocycles. The van der Waals surface area contributed by atoms with Crippen molar-refractivity contribution in [2.24, 2.45) is 5.73 Å². The van der Waals surface area contributed by atoms with Crippen LogP contribution in [0.4, 0.5) is 0 Å². The van der Waals surface area contributed by atoms with Crippen LogP contribution >= 0.6 is 0 Å². The van der Waals surface area contributed by atoms with Crippen LogP contribution in [0.2, 0.25) is 0 Å². The monoisotopic (exact) mass is 160 g/mol. The number of hydrogen-bond acceptors (Lipinski definition) is 4. The Balaban J connectivity index is 2.69. The highest BCUT2D eigenvalue weighted by Gasteiger charge is 1.86. The van der Waals surface area contributed by atoms with Crippen molar-refractivity contribution < 1.29 is 0 Å². The van der Waals surface area contributed by atoms with Crippen LogP contribution in [0.15, 0.2) is 0 Å². The van der Waals surface area contributed by atoms with E-state index in [4.69, 9.17) is 5.73 Å². The predicted octanol–water partition coefficient (Wildman–Crippen LogP) is -0.208. The third-order valence-corrected chi connectivity index (χ3v) is 1.44. The summed E-state index contributed by atoms with van der Waals surface area (Å²) < 4.78 is 0. The third-order valence-electron chi connectivity index (χ3n) is 1.44. The molecule has 0 amide bonds. The SMILES string of the molecule is NCCCNCCCCN[O-]. The smallest absolute Gasteiger partial charge is 0.00369 e. The summed E-state index contributed by atoms with van der Waals surface area (Å²) in [5.41, 5.74) is 7.17. The lowest BCUT2D eigenvalue weighted by Gasteiger charge is -2.06. The van der Waals surface area contributed by atoms with E-state index in [1.807, 2.05) is 5.48 Å². The van der Waals surface area contributed by atoms with Crippen LogP contribution in [0.5, 0.6) is 0 Å². The first kappa shape index (κ1) is 10.8. The van der Waals surface area contributed by atoms with Crippen molar-refractivity contribution in [3.05, 3.63) is 5.21 Å². The fourth-order valence-electron chi connectivity index (χ4n) is 0.799. The van der Waals surface area contributed by atoms with Crippen molar-refractivity contribution in [2.45, 2.75) is 19.3 Å². The average Bonchev–Trinajstić information content (AvgIpc) is 2.03. The van der Waals surface area contributed by atoms with Crippen LogP contribution in [-0.2, 0) is 0 Å². The summed E-state index contributed by atoms with van der Waals surface area (Å²) in [7, 11) is 0. The van der Waals surface area contributed by atoms with Gasteiger partial charge in [-0.2, -0.15) is 0 Å². The molecule has 0 aliphatic carbocycles. The Kier molecular flexibility index (Phi) is 9.70. The molecular weight excluding hydrogens is 142 g/mol. The van der Waals surface area contributed by atoms with E-state index < -0.39 is 0 Å². The Morgan fingerprint density at radius 3 is 2.27 bits per heavy atom. The summed E-state index contributed by atoms with van der Waals surface area (Å²) in [6.45, 7) is 3.29. The summed E-state index contributed by atoms with van der Waals surface area (Å²) in [6.07, 6.45) is 3.03. The lowest BCUT2D eigenvalue weighted by atomic mass is 10.3. The van der Waals surface area contributed by atoms with Crippen molar-refractivity contribution >= 4 is 0 Å². The molecule has 0 heterocycles. The molecule has 0 rings (SSSR count). The number of rotatable bonds is 8. The van der Waals surface area contributed by atoms with Gasteiger partial charge in [-0.05, 0) is 45.4 Å². The molecule has 68 valence electrons. The first-order chi connectivity index (χ1) is 5.41. The predicted molar refractivity (Wildman–Crippen MR) is 47.1 cm³/mol. The van der Waals surface area contributed by atoms with Crippen LogP contribution in [0, 0.1) is 5.21 Å². The Morgan fingerprint density at radius 2 is 1.64 bits per heavy atom. The molecule has 0 saturated heterocycles. The third kappa shape index (κ3) is 9.84. The molecule has 0 aliphatic heterocycles. The molecule has 0 aromatic carbocycles. The lowest BCUT2D eigenvalue weighted by molar-refractivity contribution is 0.599. The van der Waals surface area contributed by atoms with Crippen LogP contribution in [0.3, 0.4) is 0 Å². The molecule has 0 aromatic rings. The highest BCUT2D eigenvalue weighted by Crippen LogP contribution is 1.83. The zero-order chi connectivity index (χ0) is 8.36. The summed E-state index contributed by atoms with van der Waals surface area (Å²) in [6, 6.07) is 0. The van der Waals surface area contributed by atoms with Gasteiger partial charge in [0.25, 0.3) is 0 Å². The molecular formula is C7H18N3O-. The van der Waals surface area contributed by atoms with Gasteiger partial charge in [-0.1, -0.05) is 0 Å². The first-order valence-corrected chi connectivity index (χ1v) is 4.17. The summed E-state index contributed by atoms with van der Waals surface area (Å²) in [5.74, 6) is 0. The number of hydrogen-bond donors (Lipinski definition) is 3. The van der Waals surface area contributed by atoms with Crippen LogP contribution in [0.1, 0.15) is 19.3 Å². The van der Waals surface area contributed by atoms with E-state index in [0.717, 1.165) is 38.9 Å². The minimum absolute atomic E-state index is 0.568. The maximum absolute atomic E-state index is 9.78. The molecule has 0 saturated carbocycles. The standard InChI is InChI=1S/C7H18N3O/c8-4-3-6-9-5-1-2-7-10-11/h9-10H,1-8H2/q-1. The highest BCUT2D eigenvalue weighted by molar-refractivity contribution is 4.51. The number of nitrogens with two attached hydrogens (primary N) is 1. The molecule has 0 atom stereocenters. The van der Waals surface area contributed by atoms with Gasteiger partial charge in [0.15, 0.2) is 0 Å². The molecule has 0 aliphatic rings. The molecule has 4 heteroatoms. The first-order valence-electron chi connectivity index (χ1n) is 4.17. The molecule has 4 nitrogen and oxygen atoms in total. The number of nitrogens with one attached hydrogen (secondary N) is 2. The van der Waals surface area contributed by atoms with Crippen molar-refractivity contribution in [3.8, 4) is 0 Å². The maximum Gasteiger partial charge on any atom is -0.00369 e. The molecule has 0 fully saturated rings. The van der Waals surface area contributed by atoms with E-state index in [9.17, 15) is 5.21 Å². The Labute approximate surface area is 68.1 Å². The van der Waals surface area contributed by atoms with Gasteiger partial charge >= 0.3 is 0 Å². The quantitative estimate of drug-likeness (QED) is 0.339. The Bertz CT molecular complexity index is 62.7. The van der Waals surface area contributed by atoms with Crippen molar-refractivity contribution in [2.75, 3.05) is 26.2 Å². The maximum atomic E-state index is 9.78. The van der Waals surface area contributed by atoms with E-state index in [1.165, 1.54) is 0 Å². The molecule has 0 spiro atoms. The van der Waals surface area contributed by atoms with Gasteiger partial charge in [0.2, 0.25) is 0 Å². The van der Waals surface area contributed by atoms with Gasteiger partial charge in [-0.3, -0.25) is 0 Å². The molecule has 0 bridgehead atoms. The van der Waals surface area contributed by atoms with Gasteiger partial charge < -0.3 is 21.7 Å². The lowest BCUT2D eigenvalue weighted by Crippen LogP contribution is -2.20. The second-order valence-corrected chi connectivity index (χ2v) is 2.49. The van der Waals surface area contributed by atoms with E-state index in [2.05, 4.69) is 5.32 Å². The zero-order valence-electron chi connectivity index (χ0n) is 6.94. The molecule has 0 radical (unpaired) electrons. The average molecular weight is 160 g/mol. The Hall–Kier alpha value is -0.160. The number of hydroxylamine groups is 1. The van der Waals surface area contributed by atoms with Crippen molar-refractivity contribution in [3.63, 3.8) is 0 Å². The van der Waals surface area contributed by atoms with E-state index in [-0.39, 0.29) is 0 Å². The fourth-order valence-corrected chi connectivity index (χ4v) is 0.799. The van der Waals surface area contributed by atoms with Gasteiger partial charge in [-0.15, -0.1) is 0 Å². The van der Waals surface area contributed by atoms with Crippen molar-refractivity contribution in [1.82, 2.24) is 10.8 Å². The summed E-state index contributed by atoms with van der Waals surface area (Å²) in [4.78, 5) is 0. The molecule has 4 N–H and O–H groups in total.